The molecular formula is C25H44N8O4Si. The molecule has 0 saturated carbocycles. The molecular weight excluding hydrogens is 504 g/mol. The van der Waals surface area contributed by atoms with Gasteiger partial charge >= 0.3 is 6.09 Å². The van der Waals surface area contributed by atoms with Crippen LogP contribution in [0.25, 0.3) is 10.4 Å². The second-order valence-electron chi connectivity index (χ2n) is 12.0. The maximum absolute atomic E-state index is 13.9. The number of amides is 2. The molecule has 0 N–H and O–H groups in total. The van der Waals surface area contributed by atoms with E-state index in [0.717, 1.165) is 6.42 Å². The standard InChI is InChI=1S/C25H44N8O4Si/c1-10-11-31(14-15-36-38(8,9)25(5,6)7)21(34)20-18-32(22-27-16-19(17-28-22)29-30-26)12-13-33(20)23(35)37-24(2,3)4/h16-17,20H,10-15,18H2,1-9H3/t20-/m1/s1. The molecule has 1 aliphatic rings. The van der Waals surface area contributed by atoms with Crippen LogP contribution in [-0.4, -0.2) is 91.1 Å². The predicted octanol–water partition coefficient (Wildman–Crippen LogP) is 5.10. The number of hydrogen-bond donors (Lipinski definition) is 0. The first-order valence-electron chi connectivity index (χ1n) is 13.1. The fourth-order valence-electron chi connectivity index (χ4n) is 3.74. The average molecular weight is 549 g/mol. The van der Waals surface area contributed by atoms with Gasteiger partial charge in [-0.15, -0.1) is 0 Å². The molecule has 2 rings (SSSR count). The van der Waals surface area contributed by atoms with Crippen LogP contribution >= 0.6 is 0 Å². The normalized spacial score (nSPS) is 16.6. The quantitative estimate of drug-likeness (QED) is 0.181. The Labute approximate surface area is 227 Å². The minimum atomic E-state index is -1.97. The van der Waals surface area contributed by atoms with Crippen molar-refractivity contribution in [1.29, 1.82) is 0 Å². The third-order valence-electron chi connectivity index (χ3n) is 6.80. The first kappa shape index (κ1) is 31.3. The van der Waals surface area contributed by atoms with Crippen molar-refractivity contribution in [3.63, 3.8) is 0 Å². The highest BCUT2D eigenvalue weighted by Crippen LogP contribution is 2.36. The van der Waals surface area contributed by atoms with Crippen LogP contribution < -0.4 is 4.90 Å². The zero-order chi connectivity index (χ0) is 28.7. The smallest absolute Gasteiger partial charge is 0.411 e. The van der Waals surface area contributed by atoms with Crippen LogP contribution in [0.1, 0.15) is 54.9 Å². The van der Waals surface area contributed by atoms with E-state index in [9.17, 15) is 9.59 Å². The fraction of sp³-hybridized carbons (Fsp3) is 0.760. The number of aromatic nitrogens is 2. The summed E-state index contributed by atoms with van der Waals surface area (Å²) in [7, 11) is -1.97. The number of rotatable bonds is 9. The summed E-state index contributed by atoms with van der Waals surface area (Å²) in [5, 5.41) is 3.58. The van der Waals surface area contributed by atoms with Gasteiger partial charge in [-0.25, -0.2) is 14.8 Å². The van der Waals surface area contributed by atoms with Crippen molar-refractivity contribution in [2.45, 2.75) is 84.7 Å². The number of carbonyl (C=O) groups excluding carboxylic acids is 2. The molecule has 2 heterocycles. The van der Waals surface area contributed by atoms with Crippen molar-refractivity contribution >= 4 is 32.0 Å². The third kappa shape index (κ3) is 8.57. The van der Waals surface area contributed by atoms with E-state index in [2.05, 4.69) is 53.9 Å². The Balaban J connectivity index is 2.28. The van der Waals surface area contributed by atoms with E-state index >= 15 is 0 Å². The zero-order valence-corrected chi connectivity index (χ0v) is 25.4. The molecule has 0 unspecified atom stereocenters. The van der Waals surface area contributed by atoms with Crippen LogP contribution in [0.3, 0.4) is 0 Å². The molecule has 0 aromatic carbocycles. The lowest BCUT2D eigenvalue weighted by atomic mass is 10.1. The molecule has 0 radical (unpaired) electrons. The Bertz CT molecular complexity index is 1000. The summed E-state index contributed by atoms with van der Waals surface area (Å²) in [6, 6.07) is -0.779. The second kappa shape index (κ2) is 12.8. The number of anilines is 1. The summed E-state index contributed by atoms with van der Waals surface area (Å²) in [6.45, 7) is 20.7. The van der Waals surface area contributed by atoms with Crippen LogP contribution in [0, 0.1) is 0 Å². The van der Waals surface area contributed by atoms with E-state index in [0.29, 0.717) is 37.9 Å². The summed E-state index contributed by atoms with van der Waals surface area (Å²) >= 11 is 0. The summed E-state index contributed by atoms with van der Waals surface area (Å²) in [4.78, 5) is 43.6. The lowest BCUT2D eigenvalue weighted by Crippen LogP contribution is -2.62. The van der Waals surface area contributed by atoms with Crippen LogP contribution in [0.4, 0.5) is 16.4 Å². The monoisotopic (exact) mass is 548 g/mol. The number of hydrogen-bond acceptors (Lipinski definition) is 8. The second-order valence-corrected chi connectivity index (χ2v) is 16.8. The molecule has 12 nitrogen and oxygen atoms in total. The maximum atomic E-state index is 13.9. The largest absolute Gasteiger partial charge is 0.444 e. The molecule has 1 saturated heterocycles. The van der Waals surface area contributed by atoms with Gasteiger partial charge in [0.05, 0.1) is 18.8 Å². The number of piperazine rings is 1. The highest BCUT2D eigenvalue weighted by atomic mass is 28.4. The zero-order valence-electron chi connectivity index (χ0n) is 24.4. The van der Waals surface area contributed by atoms with Gasteiger partial charge < -0.3 is 19.0 Å². The Kier molecular flexibility index (Phi) is 10.5. The molecule has 1 aromatic heterocycles. The maximum Gasteiger partial charge on any atom is 0.411 e. The van der Waals surface area contributed by atoms with Crippen molar-refractivity contribution in [2.24, 2.45) is 5.11 Å². The van der Waals surface area contributed by atoms with Crippen LogP contribution in [0.2, 0.25) is 18.1 Å². The number of carbonyl (C=O) groups is 2. The van der Waals surface area contributed by atoms with Gasteiger partial charge in [-0.05, 0) is 50.9 Å². The first-order chi connectivity index (χ1) is 17.6. The summed E-state index contributed by atoms with van der Waals surface area (Å²) in [5.74, 6) is 0.235. The molecule has 1 aliphatic heterocycles. The number of ether oxygens (including phenoxy) is 1. The van der Waals surface area contributed by atoms with Gasteiger partial charge in [0.2, 0.25) is 11.9 Å². The fourth-order valence-corrected chi connectivity index (χ4v) is 4.77. The highest BCUT2D eigenvalue weighted by Gasteiger charge is 2.41. The van der Waals surface area contributed by atoms with E-state index in [1.54, 1.807) is 25.7 Å². The predicted molar refractivity (Wildman–Crippen MR) is 150 cm³/mol. The molecule has 212 valence electrons. The molecule has 2 amide bonds. The molecule has 0 bridgehead atoms. The van der Waals surface area contributed by atoms with E-state index in [1.165, 1.54) is 17.3 Å². The van der Waals surface area contributed by atoms with Crippen molar-refractivity contribution in [3.05, 3.63) is 22.8 Å². The Morgan fingerprint density at radius 3 is 2.32 bits per heavy atom. The van der Waals surface area contributed by atoms with Gasteiger partial charge in [-0.3, -0.25) is 9.69 Å². The minimum Gasteiger partial charge on any atom is -0.444 e. The van der Waals surface area contributed by atoms with Crippen molar-refractivity contribution in [1.82, 2.24) is 19.8 Å². The first-order valence-corrected chi connectivity index (χ1v) is 16.0. The molecule has 0 aliphatic carbocycles. The third-order valence-corrected chi connectivity index (χ3v) is 11.3. The van der Waals surface area contributed by atoms with E-state index in [4.69, 9.17) is 14.7 Å². The van der Waals surface area contributed by atoms with Gasteiger partial charge in [-0.2, -0.15) is 0 Å². The molecule has 1 atom stereocenters. The van der Waals surface area contributed by atoms with Gasteiger partial charge in [0.15, 0.2) is 8.32 Å². The van der Waals surface area contributed by atoms with E-state index in [-0.39, 0.29) is 24.0 Å². The number of azide groups is 1. The Hall–Kier alpha value is -2.89. The van der Waals surface area contributed by atoms with Gasteiger partial charge in [0, 0.05) is 43.5 Å². The molecule has 1 aromatic rings. The summed E-state index contributed by atoms with van der Waals surface area (Å²) in [6.07, 6.45) is 3.12. The Morgan fingerprint density at radius 1 is 1.16 bits per heavy atom. The highest BCUT2D eigenvalue weighted by molar-refractivity contribution is 6.74. The molecule has 1 fully saturated rings. The molecule has 13 heteroatoms. The lowest BCUT2D eigenvalue weighted by Gasteiger charge is -2.42. The molecule has 0 spiro atoms. The van der Waals surface area contributed by atoms with Crippen LogP contribution in [0.15, 0.2) is 17.5 Å². The molecule has 38 heavy (non-hydrogen) atoms. The van der Waals surface area contributed by atoms with Gasteiger partial charge in [0.1, 0.15) is 11.6 Å². The van der Waals surface area contributed by atoms with E-state index < -0.39 is 26.1 Å². The van der Waals surface area contributed by atoms with Crippen molar-refractivity contribution < 1.29 is 18.8 Å². The van der Waals surface area contributed by atoms with Gasteiger partial charge in [0.25, 0.3) is 0 Å². The topological polar surface area (TPSA) is 137 Å². The Morgan fingerprint density at radius 2 is 1.79 bits per heavy atom. The minimum absolute atomic E-state index is 0.0675. The van der Waals surface area contributed by atoms with Crippen molar-refractivity contribution in [3.8, 4) is 0 Å². The SMILES string of the molecule is CCCN(CCO[Si](C)(C)C(C)(C)C)C(=O)[C@H]1CN(c2ncc(N=[N+]=[N-])cn2)CCN1C(=O)OC(C)(C)C. The summed E-state index contributed by atoms with van der Waals surface area (Å²) in [5.41, 5.74) is 8.24. The van der Waals surface area contributed by atoms with Gasteiger partial charge in [-0.1, -0.05) is 32.8 Å². The summed E-state index contributed by atoms with van der Waals surface area (Å²) < 4.78 is 12.0. The lowest BCUT2D eigenvalue weighted by molar-refractivity contribution is -0.137. The van der Waals surface area contributed by atoms with Crippen LogP contribution in [-0.2, 0) is 14.0 Å². The van der Waals surface area contributed by atoms with E-state index in [1.807, 2.05) is 11.8 Å². The average Bonchev–Trinajstić information content (AvgIpc) is 2.81. The van der Waals surface area contributed by atoms with Crippen LogP contribution in [0.5, 0.6) is 0 Å². The number of nitrogens with zero attached hydrogens (tertiary/aromatic N) is 8. The van der Waals surface area contributed by atoms with Crippen molar-refractivity contribution in [2.75, 3.05) is 44.2 Å².